The van der Waals surface area contributed by atoms with Crippen LogP contribution in [0.5, 0.6) is 5.75 Å². The van der Waals surface area contributed by atoms with E-state index in [1.165, 1.54) is 0 Å². The van der Waals surface area contributed by atoms with E-state index in [0.29, 0.717) is 32.2 Å². The molecule has 1 heterocycles. The summed E-state index contributed by atoms with van der Waals surface area (Å²) in [5.74, 6) is 0.116. The SMILES string of the molecule is COc1ccc(CN2C(=O)[C@@H](N[C@@H](CCc3ccccc3)C(=O)NO)CCc3ccccc32)cc1. The molecule has 182 valence electrons. The average molecular weight is 474 g/mol. The van der Waals surface area contributed by atoms with E-state index >= 15 is 0 Å². The van der Waals surface area contributed by atoms with Gasteiger partial charge in [0.05, 0.1) is 25.7 Å². The van der Waals surface area contributed by atoms with Crippen LogP contribution in [0.25, 0.3) is 0 Å². The summed E-state index contributed by atoms with van der Waals surface area (Å²) in [5, 5.41) is 12.6. The third kappa shape index (κ3) is 6.07. The first kappa shape index (κ1) is 24.4. The third-order valence-corrected chi connectivity index (χ3v) is 6.44. The van der Waals surface area contributed by atoms with Gasteiger partial charge in [-0.05, 0) is 60.6 Å². The molecule has 0 unspecified atom stereocenters. The maximum Gasteiger partial charge on any atom is 0.260 e. The van der Waals surface area contributed by atoms with Crippen LogP contribution in [0, 0.1) is 0 Å². The van der Waals surface area contributed by atoms with E-state index in [2.05, 4.69) is 5.32 Å². The average Bonchev–Trinajstić information content (AvgIpc) is 3.03. The van der Waals surface area contributed by atoms with Crippen molar-refractivity contribution in [3.63, 3.8) is 0 Å². The molecule has 7 heteroatoms. The Morgan fingerprint density at radius 3 is 2.46 bits per heavy atom. The van der Waals surface area contributed by atoms with Gasteiger partial charge < -0.3 is 9.64 Å². The molecule has 4 rings (SSSR count). The number of ether oxygens (including phenoxy) is 1. The smallest absolute Gasteiger partial charge is 0.260 e. The molecule has 0 spiro atoms. The molecule has 1 aliphatic rings. The van der Waals surface area contributed by atoms with Crippen LogP contribution in [-0.4, -0.2) is 36.2 Å². The number of benzene rings is 3. The van der Waals surface area contributed by atoms with E-state index in [-0.39, 0.29) is 5.91 Å². The number of carbonyl (C=O) groups excluding carboxylic acids is 2. The molecule has 0 aliphatic carbocycles. The quantitative estimate of drug-likeness (QED) is 0.326. The van der Waals surface area contributed by atoms with Gasteiger partial charge in [-0.1, -0.05) is 60.7 Å². The molecule has 0 aromatic heterocycles. The van der Waals surface area contributed by atoms with Crippen molar-refractivity contribution in [3.05, 3.63) is 95.6 Å². The molecule has 7 nitrogen and oxygen atoms in total. The highest BCUT2D eigenvalue weighted by atomic mass is 16.5. The fourth-order valence-electron chi connectivity index (χ4n) is 4.51. The maximum atomic E-state index is 13.8. The maximum absolute atomic E-state index is 13.8. The lowest BCUT2D eigenvalue weighted by molar-refractivity contribution is -0.132. The topological polar surface area (TPSA) is 90.9 Å². The molecule has 35 heavy (non-hydrogen) atoms. The summed E-state index contributed by atoms with van der Waals surface area (Å²) in [7, 11) is 1.62. The largest absolute Gasteiger partial charge is 0.497 e. The number of para-hydroxylation sites is 1. The molecule has 0 bridgehead atoms. The van der Waals surface area contributed by atoms with Crippen LogP contribution in [0.2, 0.25) is 0 Å². The van der Waals surface area contributed by atoms with Gasteiger partial charge in [0.1, 0.15) is 5.75 Å². The predicted octanol–water partition coefficient (Wildman–Crippen LogP) is 3.64. The molecule has 2 amide bonds. The first-order chi connectivity index (χ1) is 17.1. The molecule has 0 fully saturated rings. The zero-order chi connectivity index (χ0) is 24.6. The summed E-state index contributed by atoms with van der Waals surface area (Å²) < 4.78 is 5.26. The Morgan fingerprint density at radius 2 is 1.74 bits per heavy atom. The first-order valence-corrected chi connectivity index (χ1v) is 11.8. The third-order valence-electron chi connectivity index (χ3n) is 6.44. The van der Waals surface area contributed by atoms with Gasteiger partial charge in [0, 0.05) is 5.69 Å². The molecule has 0 radical (unpaired) electrons. The van der Waals surface area contributed by atoms with Crippen LogP contribution in [-0.2, 0) is 29.0 Å². The lowest BCUT2D eigenvalue weighted by atomic mass is 10.0. The van der Waals surface area contributed by atoms with Gasteiger partial charge in [0.25, 0.3) is 5.91 Å². The summed E-state index contributed by atoms with van der Waals surface area (Å²) in [5.41, 5.74) is 5.79. The van der Waals surface area contributed by atoms with Crippen molar-refractivity contribution in [2.24, 2.45) is 0 Å². The van der Waals surface area contributed by atoms with E-state index in [9.17, 15) is 14.8 Å². The second-order valence-corrected chi connectivity index (χ2v) is 8.71. The summed E-state index contributed by atoms with van der Waals surface area (Å²) in [6.07, 6.45) is 2.34. The van der Waals surface area contributed by atoms with Crippen molar-refractivity contribution in [2.75, 3.05) is 12.0 Å². The van der Waals surface area contributed by atoms with E-state index in [0.717, 1.165) is 28.1 Å². The highest BCUT2D eigenvalue weighted by molar-refractivity contribution is 5.99. The van der Waals surface area contributed by atoms with Crippen molar-refractivity contribution < 1.29 is 19.5 Å². The highest BCUT2D eigenvalue weighted by Crippen LogP contribution is 2.29. The molecule has 3 N–H and O–H groups in total. The lowest BCUT2D eigenvalue weighted by Crippen LogP contribution is -2.53. The normalized spacial score (nSPS) is 16.2. The number of rotatable bonds is 9. The van der Waals surface area contributed by atoms with Gasteiger partial charge in [0.15, 0.2) is 0 Å². The van der Waals surface area contributed by atoms with E-state index in [1.54, 1.807) is 17.5 Å². The van der Waals surface area contributed by atoms with Crippen LogP contribution in [0.15, 0.2) is 78.9 Å². The van der Waals surface area contributed by atoms with Gasteiger partial charge in [-0.15, -0.1) is 0 Å². The van der Waals surface area contributed by atoms with Crippen molar-refractivity contribution in [3.8, 4) is 5.75 Å². The molecule has 0 saturated heterocycles. The monoisotopic (exact) mass is 473 g/mol. The number of hydrogen-bond donors (Lipinski definition) is 3. The highest BCUT2D eigenvalue weighted by Gasteiger charge is 2.33. The number of carbonyl (C=O) groups is 2. The first-order valence-electron chi connectivity index (χ1n) is 11.8. The zero-order valence-corrected chi connectivity index (χ0v) is 19.8. The molecule has 1 aliphatic heterocycles. The molecule has 3 aromatic carbocycles. The predicted molar refractivity (Wildman–Crippen MR) is 134 cm³/mol. The van der Waals surface area contributed by atoms with E-state index in [1.807, 2.05) is 78.9 Å². The molecule has 2 atom stereocenters. The summed E-state index contributed by atoms with van der Waals surface area (Å²) in [6.45, 7) is 0.402. The fourth-order valence-corrected chi connectivity index (χ4v) is 4.51. The number of methoxy groups -OCH3 is 1. The van der Waals surface area contributed by atoms with Crippen molar-refractivity contribution in [2.45, 2.75) is 44.3 Å². The summed E-state index contributed by atoms with van der Waals surface area (Å²) >= 11 is 0. The van der Waals surface area contributed by atoms with Crippen LogP contribution in [0.1, 0.15) is 29.5 Å². The molecule has 3 aromatic rings. The second-order valence-electron chi connectivity index (χ2n) is 8.71. The minimum absolute atomic E-state index is 0.0961. The standard InChI is InChI=1S/C28H31N3O4/c1-35-23-15-11-21(12-16-23)19-31-26-10-6-5-9-22(26)14-18-25(28(31)33)29-24(27(32)30-34)17-13-20-7-3-2-4-8-20/h2-12,15-16,24-25,29,34H,13-14,17-19H2,1H3,(H,30,32)/t24-,25-/m0/s1. The minimum atomic E-state index is -0.710. The van der Waals surface area contributed by atoms with Gasteiger partial charge in [0.2, 0.25) is 5.91 Å². The zero-order valence-electron chi connectivity index (χ0n) is 19.8. The van der Waals surface area contributed by atoms with Gasteiger partial charge in [-0.25, -0.2) is 5.48 Å². The number of aryl methyl sites for hydroxylation is 2. The Labute approximate surface area is 205 Å². The Hall–Kier alpha value is -3.68. The van der Waals surface area contributed by atoms with Crippen LogP contribution < -0.4 is 20.4 Å². The van der Waals surface area contributed by atoms with Crippen molar-refractivity contribution in [1.82, 2.24) is 10.8 Å². The van der Waals surface area contributed by atoms with Gasteiger partial charge in [-0.2, -0.15) is 0 Å². The number of nitrogens with one attached hydrogen (secondary N) is 2. The van der Waals surface area contributed by atoms with E-state index < -0.39 is 18.0 Å². The Bertz CT molecular complexity index is 1130. The number of hydrogen-bond acceptors (Lipinski definition) is 5. The number of anilines is 1. The molecular weight excluding hydrogens is 442 g/mol. The fraction of sp³-hybridized carbons (Fsp3) is 0.286. The summed E-state index contributed by atoms with van der Waals surface area (Å²) in [4.78, 5) is 28.1. The Kier molecular flexibility index (Phi) is 8.13. The van der Waals surface area contributed by atoms with Gasteiger partial charge >= 0.3 is 0 Å². The van der Waals surface area contributed by atoms with Crippen molar-refractivity contribution in [1.29, 1.82) is 0 Å². The number of amides is 2. The molecular formula is C28H31N3O4. The number of hydroxylamine groups is 1. The van der Waals surface area contributed by atoms with Crippen LogP contribution in [0.4, 0.5) is 5.69 Å². The summed E-state index contributed by atoms with van der Waals surface area (Å²) in [6, 6.07) is 24.1. The Balaban J connectivity index is 1.55. The van der Waals surface area contributed by atoms with E-state index in [4.69, 9.17) is 4.74 Å². The van der Waals surface area contributed by atoms with Gasteiger partial charge in [-0.3, -0.25) is 20.1 Å². The van der Waals surface area contributed by atoms with Crippen LogP contribution >= 0.6 is 0 Å². The van der Waals surface area contributed by atoms with Crippen molar-refractivity contribution >= 4 is 17.5 Å². The number of fused-ring (bicyclic) bond motifs is 1. The second kappa shape index (κ2) is 11.6. The lowest BCUT2D eigenvalue weighted by Gasteiger charge is -2.28. The number of nitrogens with zero attached hydrogens (tertiary/aromatic N) is 1. The molecule has 0 saturated carbocycles. The minimum Gasteiger partial charge on any atom is -0.497 e. The van der Waals surface area contributed by atoms with Crippen LogP contribution in [0.3, 0.4) is 0 Å². The Morgan fingerprint density at radius 1 is 1.03 bits per heavy atom.